The number of carbonyl (C=O) groups is 1. The number of ether oxygens (including phenoxy) is 1. The predicted octanol–water partition coefficient (Wildman–Crippen LogP) is 3.13. The molecule has 0 aliphatic heterocycles. The van der Waals surface area contributed by atoms with E-state index in [0.29, 0.717) is 27.6 Å². The summed E-state index contributed by atoms with van der Waals surface area (Å²) in [6, 6.07) is 13.2. The number of nitrogens with one attached hydrogen (secondary N) is 1. The molecule has 7 heteroatoms. The van der Waals surface area contributed by atoms with Crippen LogP contribution >= 0.6 is 11.3 Å². The molecule has 0 atom stereocenters. The average Bonchev–Trinajstić information content (AvgIpc) is 3.08. The minimum Gasteiger partial charge on any atom is -0.487 e. The van der Waals surface area contributed by atoms with E-state index in [0.717, 1.165) is 0 Å². The first-order valence-electron chi connectivity index (χ1n) is 7.10. The third kappa shape index (κ3) is 3.58. The number of nitrogen functional groups attached to an aromatic ring is 1. The molecular formula is C17H14FN3O2S. The first-order chi connectivity index (χ1) is 11.7. The van der Waals surface area contributed by atoms with E-state index in [-0.39, 0.29) is 12.4 Å². The quantitative estimate of drug-likeness (QED) is 0.424. The summed E-state index contributed by atoms with van der Waals surface area (Å²) in [5.41, 5.74) is 3.63. The van der Waals surface area contributed by atoms with Crippen LogP contribution in [0.3, 0.4) is 0 Å². The van der Waals surface area contributed by atoms with Crippen LogP contribution in [-0.4, -0.2) is 10.9 Å². The molecule has 0 saturated carbocycles. The minimum absolute atomic E-state index is 0.221. The Morgan fingerprint density at radius 1 is 1.25 bits per heavy atom. The lowest BCUT2D eigenvalue weighted by molar-refractivity contribution is 0.0953. The highest BCUT2D eigenvalue weighted by molar-refractivity contribution is 7.13. The summed E-state index contributed by atoms with van der Waals surface area (Å²) in [7, 11) is 0. The number of halogens is 1. The van der Waals surface area contributed by atoms with Crippen LogP contribution < -0.4 is 16.0 Å². The number of thiazole rings is 1. The molecule has 0 radical (unpaired) electrons. The standard InChI is InChI=1S/C17H14FN3O2S/c18-15-7-2-1-6-14(15)17-20-12(10-24-17)9-23-13-5-3-4-11(8-13)16(22)21-19/h1-8,10H,9,19H2,(H,21,22). The van der Waals surface area contributed by atoms with Crippen molar-refractivity contribution < 1.29 is 13.9 Å². The second kappa shape index (κ2) is 7.20. The third-order valence-corrected chi connectivity index (χ3v) is 4.19. The summed E-state index contributed by atoms with van der Waals surface area (Å²) in [5.74, 6) is 4.94. The number of rotatable bonds is 5. The summed E-state index contributed by atoms with van der Waals surface area (Å²) < 4.78 is 19.4. The third-order valence-electron chi connectivity index (χ3n) is 3.27. The molecular weight excluding hydrogens is 329 g/mol. The second-order valence-electron chi connectivity index (χ2n) is 4.91. The number of hydrazine groups is 1. The van der Waals surface area contributed by atoms with Gasteiger partial charge in [-0.2, -0.15) is 0 Å². The van der Waals surface area contributed by atoms with E-state index < -0.39 is 5.91 Å². The lowest BCUT2D eigenvalue weighted by Gasteiger charge is -2.06. The first kappa shape index (κ1) is 16.1. The fourth-order valence-corrected chi connectivity index (χ4v) is 2.93. The Morgan fingerprint density at radius 3 is 2.88 bits per heavy atom. The van der Waals surface area contributed by atoms with Gasteiger partial charge in [0.05, 0.1) is 5.69 Å². The van der Waals surface area contributed by atoms with Gasteiger partial charge in [0.2, 0.25) is 0 Å². The number of hydrogen-bond acceptors (Lipinski definition) is 5. The number of carbonyl (C=O) groups excluding carboxylic acids is 1. The molecule has 3 aromatic rings. The van der Waals surface area contributed by atoms with Gasteiger partial charge in [-0.05, 0) is 30.3 Å². The van der Waals surface area contributed by atoms with Crippen LogP contribution in [0, 0.1) is 5.82 Å². The van der Waals surface area contributed by atoms with E-state index in [9.17, 15) is 9.18 Å². The van der Waals surface area contributed by atoms with Gasteiger partial charge in [0.15, 0.2) is 0 Å². The van der Waals surface area contributed by atoms with E-state index >= 15 is 0 Å². The summed E-state index contributed by atoms with van der Waals surface area (Å²) in [5, 5.41) is 2.42. The number of aromatic nitrogens is 1. The normalized spacial score (nSPS) is 10.4. The minimum atomic E-state index is -0.393. The van der Waals surface area contributed by atoms with Crippen molar-refractivity contribution >= 4 is 17.2 Å². The lowest BCUT2D eigenvalue weighted by atomic mass is 10.2. The Morgan fingerprint density at radius 2 is 2.08 bits per heavy atom. The number of amides is 1. The topological polar surface area (TPSA) is 77.2 Å². The Bertz CT molecular complexity index is 866. The zero-order valence-electron chi connectivity index (χ0n) is 12.5. The predicted molar refractivity (Wildman–Crippen MR) is 89.9 cm³/mol. The van der Waals surface area contributed by atoms with E-state index in [2.05, 4.69) is 10.4 Å². The van der Waals surface area contributed by atoms with Crippen molar-refractivity contribution in [2.24, 2.45) is 5.84 Å². The molecule has 1 amide bonds. The van der Waals surface area contributed by atoms with Gasteiger partial charge in [-0.3, -0.25) is 10.2 Å². The molecule has 0 aliphatic carbocycles. The first-order valence-corrected chi connectivity index (χ1v) is 7.98. The second-order valence-corrected chi connectivity index (χ2v) is 5.77. The van der Waals surface area contributed by atoms with Gasteiger partial charge in [-0.1, -0.05) is 18.2 Å². The van der Waals surface area contributed by atoms with Gasteiger partial charge in [-0.15, -0.1) is 11.3 Å². The Kier molecular flexibility index (Phi) is 4.83. The van der Waals surface area contributed by atoms with Crippen LogP contribution in [0.4, 0.5) is 4.39 Å². The largest absolute Gasteiger partial charge is 0.487 e. The number of nitrogens with two attached hydrogens (primary N) is 1. The average molecular weight is 343 g/mol. The highest BCUT2D eigenvalue weighted by Crippen LogP contribution is 2.26. The smallest absolute Gasteiger partial charge is 0.265 e. The molecule has 0 spiro atoms. The van der Waals surface area contributed by atoms with Crippen LogP contribution in [0.5, 0.6) is 5.75 Å². The maximum absolute atomic E-state index is 13.8. The zero-order valence-corrected chi connectivity index (χ0v) is 13.3. The van der Waals surface area contributed by atoms with Gasteiger partial charge >= 0.3 is 0 Å². The highest BCUT2D eigenvalue weighted by Gasteiger charge is 2.10. The molecule has 2 aromatic carbocycles. The summed E-state index contributed by atoms with van der Waals surface area (Å²) >= 11 is 1.35. The molecule has 0 unspecified atom stereocenters. The van der Waals surface area contributed by atoms with Crippen LogP contribution in [-0.2, 0) is 6.61 Å². The molecule has 3 rings (SSSR count). The molecule has 1 aromatic heterocycles. The Hall–Kier alpha value is -2.77. The van der Waals surface area contributed by atoms with E-state index in [1.165, 1.54) is 17.4 Å². The van der Waals surface area contributed by atoms with Crippen molar-refractivity contribution in [2.75, 3.05) is 0 Å². The maximum Gasteiger partial charge on any atom is 0.265 e. The molecule has 0 aliphatic rings. The van der Waals surface area contributed by atoms with Crippen molar-refractivity contribution in [3.63, 3.8) is 0 Å². The van der Waals surface area contributed by atoms with E-state index in [4.69, 9.17) is 10.6 Å². The number of hydrogen-bond donors (Lipinski definition) is 2. The molecule has 5 nitrogen and oxygen atoms in total. The summed E-state index contributed by atoms with van der Waals surface area (Å²) in [6.07, 6.45) is 0. The van der Waals surface area contributed by atoms with Crippen LogP contribution in [0.25, 0.3) is 10.6 Å². The molecule has 0 bridgehead atoms. The maximum atomic E-state index is 13.8. The molecule has 24 heavy (non-hydrogen) atoms. The van der Waals surface area contributed by atoms with Gasteiger partial charge in [0.1, 0.15) is 23.2 Å². The number of benzene rings is 2. The number of nitrogens with zero attached hydrogens (tertiary/aromatic N) is 1. The van der Waals surface area contributed by atoms with Crippen molar-refractivity contribution in [1.29, 1.82) is 0 Å². The Balaban J connectivity index is 1.70. The van der Waals surface area contributed by atoms with Gasteiger partial charge in [0, 0.05) is 16.5 Å². The fraction of sp³-hybridized carbons (Fsp3) is 0.0588. The fourth-order valence-electron chi connectivity index (χ4n) is 2.10. The van der Waals surface area contributed by atoms with Crippen LogP contribution in [0.2, 0.25) is 0 Å². The monoisotopic (exact) mass is 343 g/mol. The lowest BCUT2D eigenvalue weighted by Crippen LogP contribution is -2.29. The zero-order chi connectivity index (χ0) is 16.9. The summed E-state index contributed by atoms with van der Waals surface area (Å²) in [6.45, 7) is 0.221. The van der Waals surface area contributed by atoms with E-state index in [1.54, 1.807) is 42.5 Å². The van der Waals surface area contributed by atoms with Crippen molar-refractivity contribution in [3.05, 3.63) is 71.0 Å². The van der Waals surface area contributed by atoms with Crippen molar-refractivity contribution in [3.8, 4) is 16.3 Å². The molecule has 122 valence electrons. The Labute approximate surface area is 141 Å². The molecule has 1 heterocycles. The highest BCUT2D eigenvalue weighted by atomic mass is 32.1. The molecule has 3 N–H and O–H groups in total. The summed E-state index contributed by atoms with van der Waals surface area (Å²) in [4.78, 5) is 15.9. The van der Waals surface area contributed by atoms with Gasteiger partial charge in [-0.25, -0.2) is 15.2 Å². The molecule has 0 fully saturated rings. The van der Waals surface area contributed by atoms with Gasteiger partial charge < -0.3 is 4.74 Å². The van der Waals surface area contributed by atoms with Crippen LogP contribution in [0.15, 0.2) is 53.9 Å². The SMILES string of the molecule is NNC(=O)c1cccc(OCc2csc(-c3ccccc3F)n2)c1. The van der Waals surface area contributed by atoms with E-state index in [1.807, 2.05) is 5.38 Å². The van der Waals surface area contributed by atoms with Gasteiger partial charge in [0.25, 0.3) is 5.91 Å². The van der Waals surface area contributed by atoms with Crippen molar-refractivity contribution in [1.82, 2.24) is 10.4 Å². The van der Waals surface area contributed by atoms with Crippen molar-refractivity contribution in [2.45, 2.75) is 6.61 Å². The van der Waals surface area contributed by atoms with Crippen LogP contribution in [0.1, 0.15) is 16.1 Å². The molecule has 0 saturated heterocycles.